The van der Waals surface area contributed by atoms with Gasteiger partial charge in [0.2, 0.25) is 0 Å². The quantitative estimate of drug-likeness (QED) is 0.847. The summed E-state index contributed by atoms with van der Waals surface area (Å²) in [5.74, 6) is -0.347. The van der Waals surface area contributed by atoms with Gasteiger partial charge in [-0.3, -0.25) is 0 Å². The minimum atomic E-state index is -0.469. The third-order valence-electron chi connectivity index (χ3n) is 2.95. The van der Waals surface area contributed by atoms with Gasteiger partial charge in [-0.1, -0.05) is 24.3 Å². The summed E-state index contributed by atoms with van der Waals surface area (Å²) in [5.41, 5.74) is 3.08. The first kappa shape index (κ1) is 14.1. The number of hydrogen-bond acceptors (Lipinski definition) is 3. The van der Waals surface area contributed by atoms with E-state index in [0.29, 0.717) is 17.7 Å². The maximum Gasteiger partial charge on any atom is 0.337 e. The highest BCUT2D eigenvalue weighted by molar-refractivity contribution is 5.89. The summed E-state index contributed by atoms with van der Waals surface area (Å²) in [4.78, 5) is 11.3. The zero-order chi connectivity index (χ0) is 14.4. The molecule has 0 heterocycles. The largest absolute Gasteiger partial charge is 0.465 e. The van der Waals surface area contributed by atoms with Crippen LogP contribution in [-0.4, -0.2) is 13.1 Å². The fourth-order valence-corrected chi connectivity index (χ4v) is 1.85. The van der Waals surface area contributed by atoms with Crippen LogP contribution in [0.2, 0.25) is 0 Å². The van der Waals surface area contributed by atoms with Gasteiger partial charge in [-0.2, -0.15) is 0 Å². The van der Waals surface area contributed by atoms with E-state index in [0.717, 1.165) is 11.3 Å². The molecular weight excluding hydrogens is 257 g/mol. The van der Waals surface area contributed by atoms with Crippen LogP contribution < -0.4 is 5.32 Å². The van der Waals surface area contributed by atoms with E-state index in [9.17, 15) is 9.18 Å². The first-order chi connectivity index (χ1) is 9.72. The third-order valence-corrected chi connectivity index (χ3v) is 2.95. The number of rotatable bonds is 5. The van der Waals surface area contributed by atoms with Gasteiger partial charge in [0.05, 0.1) is 12.7 Å². The zero-order valence-corrected chi connectivity index (χ0v) is 11.2. The fraction of sp³-hybridized carbons (Fsp3) is 0.188. The first-order valence-corrected chi connectivity index (χ1v) is 6.29. The van der Waals surface area contributed by atoms with Crippen molar-refractivity contribution in [3.63, 3.8) is 0 Å². The number of hydrogen-bond donors (Lipinski definition) is 1. The van der Waals surface area contributed by atoms with E-state index in [1.54, 1.807) is 24.3 Å². The minimum absolute atomic E-state index is 0.347. The molecule has 20 heavy (non-hydrogen) atoms. The molecule has 0 aliphatic heterocycles. The van der Waals surface area contributed by atoms with Crippen molar-refractivity contribution in [3.05, 3.63) is 65.2 Å². The minimum Gasteiger partial charge on any atom is -0.465 e. The molecule has 0 aliphatic rings. The molecule has 0 spiro atoms. The van der Waals surface area contributed by atoms with Crippen LogP contribution in [0.3, 0.4) is 0 Å². The number of benzene rings is 2. The van der Waals surface area contributed by atoms with Crippen molar-refractivity contribution in [2.75, 3.05) is 12.4 Å². The summed E-state index contributed by atoms with van der Waals surface area (Å²) in [5, 5.41) is 3.22. The predicted octanol–water partition coefficient (Wildman–Crippen LogP) is 3.55. The van der Waals surface area contributed by atoms with Crippen molar-refractivity contribution in [2.45, 2.75) is 13.2 Å². The second-order valence-electron chi connectivity index (χ2n) is 4.38. The molecule has 0 radical (unpaired) electrons. The Bertz CT molecular complexity index is 581. The Morgan fingerprint density at radius 2 is 1.90 bits per heavy atom. The van der Waals surface area contributed by atoms with Crippen molar-refractivity contribution >= 4 is 11.7 Å². The third kappa shape index (κ3) is 3.57. The second-order valence-corrected chi connectivity index (χ2v) is 4.38. The normalized spacial score (nSPS) is 10.1. The standard InChI is InChI=1S/C16H16FNO2/c1-20-16(19)14-7-5-12(6-8-14)11-18-15-4-2-3-13(9-15)10-17/h2-9,18H,10-11H2,1H3. The van der Waals surface area contributed by atoms with Crippen molar-refractivity contribution in [1.82, 2.24) is 0 Å². The molecule has 0 bridgehead atoms. The lowest BCUT2D eigenvalue weighted by Gasteiger charge is -2.08. The zero-order valence-electron chi connectivity index (χ0n) is 11.2. The number of methoxy groups -OCH3 is 1. The predicted molar refractivity (Wildman–Crippen MR) is 76.4 cm³/mol. The summed E-state index contributed by atoms with van der Waals surface area (Å²) in [7, 11) is 1.36. The van der Waals surface area contributed by atoms with Crippen molar-refractivity contribution in [1.29, 1.82) is 0 Å². The Hall–Kier alpha value is -2.36. The van der Waals surface area contributed by atoms with Crippen molar-refractivity contribution in [3.8, 4) is 0 Å². The Morgan fingerprint density at radius 1 is 1.15 bits per heavy atom. The molecule has 2 aromatic rings. The van der Waals surface area contributed by atoms with Crippen LogP contribution in [0.25, 0.3) is 0 Å². The average Bonchev–Trinajstić information content (AvgIpc) is 2.53. The van der Waals surface area contributed by atoms with Crippen LogP contribution in [0, 0.1) is 0 Å². The van der Waals surface area contributed by atoms with Gasteiger partial charge in [0.15, 0.2) is 0 Å². The number of carbonyl (C=O) groups is 1. The SMILES string of the molecule is COC(=O)c1ccc(CNc2cccc(CF)c2)cc1. The number of anilines is 1. The van der Waals surface area contributed by atoms with Crippen LogP contribution in [0.5, 0.6) is 0 Å². The van der Waals surface area contributed by atoms with Gasteiger partial charge in [0.25, 0.3) is 0 Å². The van der Waals surface area contributed by atoms with Gasteiger partial charge in [-0.25, -0.2) is 9.18 Å². The number of esters is 1. The molecule has 2 rings (SSSR count). The van der Waals surface area contributed by atoms with E-state index in [1.807, 2.05) is 24.3 Å². The van der Waals surface area contributed by atoms with Gasteiger partial charge in [0, 0.05) is 12.2 Å². The van der Waals surface area contributed by atoms with Gasteiger partial charge >= 0.3 is 5.97 Å². The van der Waals surface area contributed by atoms with Crippen LogP contribution in [0.15, 0.2) is 48.5 Å². The molecule has 0 atom stereocenters. The lowest BCUT2D eigenvalue weighted by molar-refractivity contribution is 0.0600. The maximum atomic E-state index is 12.6. The number of nitrogens with one attached hydrogen (secondary N) is 1. The Morgan fingerprint density at radius 3 is 2.55 bits per heavy atom. The Kier molecular flexibility index (Phi) is 4.71. The van der Waals surface area contributed by atoms with E-state index in [4.69, 9.17) is 0 Å². The van der Waals surface area contributed by atoms with Crippen LogP contribution in [-0.2, 0) is 18.0 Å². The molecule has 104 valence electrons. The van der Waals surface area contributed by atoms with Crippen molar-refractivity contribution in [2.24, 2.45) is 0 Å². The Labute approximate surface area is 117 Å². The number of carbonyl (C=O) groups excluding carboxylic acids is 1. The highest BCUT2D eigenvalue weighted by Crippen LogP contribution is 2.13. The smallest absolute Gasteiger partial charge is 0.337 e. The van der Waals surface area contributed by atoms with Gasteiger partial charge in [-0.15, -0.1) is 0 Å². The Balaban J connectivity index is 1.98. The van der Waals surface area contributed by atoms with Crippen LogP contribution in [0.1, 0.15) is 21.5 Å². The lowest BCUT2D eigenvalue weighted by Crippen LogP contribution is -2.03. The summed E-state index contributed by atoms with van der Waals surface area (Å²) < 4.78 is 17.2. The highest BCUT2D eigenvalue weighted by atomic mass is 19.1. The van der Waals surface area contributed by atoms with E-state index in [2.05, 4.69) is 10.1 Å². The molecule has 4 heteroatoms. The van der Waals surface area contributed by atoms with Gasteiger partial charge in [0.1, 0.15) is 6.67 Å². The second kappa shape index (κ2) is 6.70. The summed E-state index contributed by atoms with van der Waals surface area (Å²) in [6, 6.07) is 14.4. The fourth-order valence-electron chi connectivity index (χ4n) is 1.85. The molecule has 0 fully saturated rings. The first-order valence-electron chi connectivity index (χ1n) is 6.29. The molecule has 2 aromatic carbocycles. The van der Waals surface area contributed by atoms with E-state index >= 15 is 0 Å². The number of halogens is 1. The summed E-state index contributed by atoms with van der Waals surface area (Å²) in [6.07, 6.45) is 0. The molecule has 0 amide bonds. The summed E-state index contributed by atoms with van der Waals surface area (Å²) >= 11 is 0. The monoisotopic (exact) mass is 273 g/mol. The molecule has 0 aromatic heterocycles. The molecule has 0 saturated carbocycles. The number of ether oxygens (including phenoxy) is 1. The highest BCUT2D eigenvalue weighted by Gasteiger charge is 2.04. The molecular formula is C16H16FNO2. The molecule has 1 N–H and O–H groups in total. The topological polar surface area (TPSA) is 38.3 Å². The molecule has 0 aliphatic carbocycles. The summed E-state index contributed by atoms with van der Waals surface area (Å²) in [6.45, 7) is 0.139. The maximum absolute atomic E-state index is 12.6. The van der Waals surface area contributed by atoms with Gasteiger partial charge < -0.3 is 10.1 Å². The van der Waals surface area contributed by atoms with Crippen LogP contribution >= 0.6 is 0 Å². The molecule has 0 unspecified atom stereocenters. The van der Waals surface area contributed by atoms with Crippen molar-refractivity contribution < 1.29 is 13.9 Å². The van der Waals surface area contributed by atoms with Crippen LogP contribution in [0.4, 0.5) is 10.1 Å². The van der Waals surface area contributed by atoms with E-state index in [1.165, 1.54) is 7.11 Å². The van der Waals surface area contributed by atoms with E-state index in [-0.39, 0.29) is 5.97 Å². The van der Waals surface area contributed by atoms with Gasteiger partial charge in [-0.05, 0) is 35.4 Å². The molecule has 3 nitrogen and oxygen atoms in total. The molecule has 0 saturated heterocycles. The van der Waals surface area contributed by atoms with E-state index < -0.39 is 6.67 Å². The lowest BCUT2D eigenvalue weighted by atomic mass is 10.1. The average molecular weight is 273 g/mol. The number of alkyl halides is 1.